The summed E-state index contributed by atoms with van der Waals surface area (Å²) in [6.07, 6.45) is 2.00. The Kier molecular flexibility index (Phi) is 34.6. The molecule has 0 saturated carbocycles. The van der Waals surface area contributed by atoms with Crippen molar-refractivity contribution in [2.24, 2.45) is 0 Å². The molecule has 7 aromatic rings. The van der Waals surface area contributed by atoms with Gasteiger partial charge in [0.15, 0.2) is 0 Å². The number of benzene rings is 7. The van der Waals surface area contributed by atoms with Gasteiger partial charge in [0.25, 0.3) is 0 Å². The average Bonchev–Trinajstić information content (AvgIpc) is 3.30. The summed E-state index contributed by atoms with van der Waals surface area (Å²) in [6, 6.07) is 36.7. The summed E-state index contributed by atoms with van der Waals surface area (Å²) in [5.41, 5.74) is 4.69. The Morgan fingerprint density at radius 2 is 0.725 bits per heavy atom. The molecule has 0 amide bonds. The van der Waals surface area contributed by atoms with Crippen molar-refractivity contribution in [2.45, 2.75) is 90.1 Å². The van der Waals surface area contributed by atoms with Gasteiger partial charge in [0, 0.05) is 70.3 Å². The van der Waals surface area contributed by atoms with Crippen molar-refractivity contribution in [1.82, 2.24) is 0 Å². The van der Waals surface area contributed by atoms with Crippen LogP contribution in [0.25, 0.3) is 0 Å². The van der Waals surface area contributed by atoms with Gasteiger partial charge < -0.3 is 35.7 Å². The maximum atomic E-state index is 9.04. The molecular formula is C48H54O7S14. The zero-order valence-corrected chi connectivity index (χ0v) is 49.0. The van der Waals surface area contributed by atoms with E-state index in [-0.39, 0.29) is 42.8 Å². The molecule has 0 heterocycles. The molecule has 0 spiro atoms. The predicted molar refractivity (Wildman–Crippen MR) is 326 cm³/mol. The number of rotatable bonds is 6. The van der Waals surface area contributed by atoms with Gasteiger partial charge in [-0.15, -0.1) is 151 Å². The number of phenolic OH excluding ortho intramolecular Hbond substituents is 4. The molecule has 0 radical (unpaired) electrons. The van der Waals surface area contributed by atoms with Crippen molar-refractivity contribution < 1.29 is 35.7 Å². The first-order valence-electron chi connectivity index (χ1n) is 19.5. The smallest absolute Gasteiger partial charge is 0.128 e. The van der Waals surface area contributed by atoms with Gasteiger partial charge >= 0.3 is 0 Å². The predicted octanol–water partition coefficient (Wildman–Crippen LogP) is 13.9. The van der Waals surface area contributed by atoms with E-state index in [2.05, 4.69) is 164 Å². The molecule has 0 aliphatic carbocycles. The number of hydrogen-bond donors (Lipinski definition) is 20. The quantitative estimate of drug-likeness (QED) is 0.0583. The molecule has 0 unspecified atom stereocenters. The van der Waals surface area contributed by atoms with Crippen LogP contribution in [0.3, 0.4) is 0 Å². The van der Waals surface area contributed by atoms with Crippen molar-refractivity contribution in [1.29, 1.82) is 0 Å². The zero-order chi connectivity index (χ0) is 52.2. The second-order valence-electron chi connectivity index (χ2n) is 13.5. The van der Waals surface area contributed by atoms with Crippen molar-refractivity contribution in [3.8, 4) is 23.0 Å². The third-order valence-electron chi connectivity index (χ3n) is 8.01. The molecule has 0 saturated heterocycles. The second kappa shape index (κ2) is 36.4. The molecule has 0 aliphatic rings. The molecule has 7 nitrogen and oxygen atoms in total. The molecule has 0 fully saturated rings. The van der Waals surface area contributed by atoms with Gasteiger partial charge in [0.1, 0.15) is 23.0 Å². The van der Waals surface area contributed by atoms with E-state index in [4.69, 9.17) is 35.7 Å². The van der Waals surface area contributed by atoms with E-state index in [0.717, 1.165) is 76.8 Å². The van der Waals surface area contributed by atoms with Gasteiger partial charge in [0.05, 0.1) is 19.8 Å². The van der Waals surface area contributed by atoms with E-state index in [1.807, 2.05) is 66.9 Å². The molecule has 0 aliphatic heterocycles. The van der Waals surface area contributed by atoms with Gasteiger partial charge in [-0.25, -0.2) is 0 Å². The Morgan fingerprint density at radius 1 is 0.333 bits per heavy atom. The minimum absolute atomic E-state index is 0.0436. The largest absolute Gasteiger partial charge is 0.508 e. The molecule has 372 valence electrons. The van der Waals surface area contributed by atoms with Crippen LogP contribution in [0.5, 0.6) is 23.0 Å². The van der Waals surface area contributed by atoms with E-state index in [1.54, 1.807) is 78.5 Å². The summed E-state index contributed by atoms with van der Waals surface area (Å²) in [5, 5.41) is 62.1. The van der Waals surface area contributed by atoms with Crippen LogP contribution in [-0.4, -0.2) is 42.0 Å². The Bertz CT molecular complexity index is 2450. The highest BCUT2D eigenvalue weighted by molar-refractivity contribution is 7.99. The van der Waals surface area contributed by atoms with Gasteiger partial charge in [0.2, 0.25) is 0 Å². The molecule has 0 aromatic heterocycles. The van der Waals surface area contributed by atoms with Crippen LogP contribution in [-0.2, 0) is 31.3 Å². The minimum atomic E-state index is 0.0436. The zero-order valence-electron chi connectivity index (χ0n) is 36.5. The third-order valence-corrected chi connectivity index (χ3v) is 13.6. The lowest BCUT2D eigenvalue weighted by Gasteiger charge is -2.02. The average molecular weight is 1190 g/mol. The van der Waals surface area contributed by atoms with Crippen LogP contribution in [0.2, 0.25) is 0 Å². The highest BCUT2D eigenvalue weighted by Crippen LogP contribution is 2.26. The number of hydrogen-bond acceptors (Lipinski definition) is 21. The highest BCUT2D eigenvalue weighted by atomic mass is 32.2. The summed E-state index contributed by atoms with van der Waals surface area (Å²) < 4.78 is 0. The van der Waals surface area contributed by atoms with Crippen molar-refractivity contribution >= 4 is 176 Å². The van der Waals surface area contributed by atoms with Crippen molar-refractivity contribution in [2.75, 3.05) is 6.26 Å². The fourth-order valence-corrected chi connectivity index (χ4v) is 8.70. The highest BCUT2D eigenvalue weighted by Gasteiger charge is 2.00. The van der Waals surface area contributed by atoms with E-state index in [9.17, 15) is 0 Å². The SMILES string of the molecule is CSc1cc(CO)ccc1S.OCc1cc(S)cc(S)c1.OCc1ccc(S)c(S)c1.Oc1cc(S)cc(CS)c1.Oc1cc(S)cc(S)c1.Oc1ccc(CS)cc1S.Oc1ccc(S)c(S)c1. The number of aromatic hydroxyl groups is 4. The third kappa shape index (κ3) is 28.5. The van der Waals surface area contributed by atoms with Crippen molar-refractivity contribution in [3.63, 3.8) is 0 Å². The van der Waals surface area contributed by atoms with Crippen LogP contribution in [0.4, 0.5) is 0 Å². The molecular weight excluding hydrogens is 1140 g/mol. The van der Waals surface area contributed by atoms with Crippen LogP contribution >= 0.6 is 176 Å². The first-order chi connectivity index (χ1) is 32.6. The molecule has 69 heavy (non-hydrogen) atoms. The Hall–Kier alpha value is -1.48. The van der Waals surface area contributed by atoms with Gasteiger partial charge in [-0.05, 0) is 143 Å². The lowest BCUT2D eigenvalue weighted by Crippen LogP contribution is -1.83. The molecule has 0 atom stereocenters. The molecule has 7 N–H and O–H groups in total. The van der Waals surface area contributed by atoms with Gasteiger partial charge in [-0.1, -0.05) is 18.2 Å². The maximum absolute atomic E-state index is 9.04. The van der Waals surface area contributed by atoms with Crippen LogP contribution in [0.15, 0.2) is 186 Å². The number of thiol groups is 13. The lowest BCUT2D eigenvalue weighted by molar-refractivity contribution is 0.281. The summed E-state index contributed by atoms with van der Waals surface area (Å²) in [7, 11) is 0. The molecule has 21 heteroatoms. The summed E-state index contributed by atoms with van der Waals surface area (Å²) in [6.45, 7) is 0.200. The molecule has 0 bridgehead atoms. The second-order valence-corrected chi connectivity index (χ2v) is 20.5. The van der Waals surface area contributed by atoms with Crippen LogP contribution < -0.4 is 0 Å². The van der Waals surface area contributed by atoms with Gasteiger partial charge in [-0.3, -0.25) is 0 Å². The minimum Gasteiger partial charge on any atom is -0.508 e. The Morgan fingerprint density at radius 3 is 1.13 bits per heavy atom. The number of aliphatic hydroxyl groups is 3. The van der Waals surface area contributed by atoms with Gasteiger partial charge in [-0.2, -0.15) is 25.3 Å². The van der Waals surface area contributed by atoms with Crippen molar-refractivity contribution in [3.05, 3.63) is 155 Å². The normalized spacial score (nSPS) is 9.81. The summed E-state index contributed by atoms with van der Waals surface area (Å²) in [4.78, 5) is 9.66. The number of phenols is 4. The lowest BCUT2D eigenvalue weighted by atomic mass is 10.2. The number of aliphatic hydroxyl groups excluding tert-OH is 3. The Labute approximate surface area is 481 Å². The van der Waals surface area contributed by atoms with E-state index >= 15 is 0 Å². The fraction of sp³-hybridized carbons (Fsp3) is 0.125. The van der Waals surface area contributed by atoms with E-state index in [1.165, 1.54) is 0 Å². The first-order valence-corrected chi connectivity index (χ1v) is 26.9. The van der Waals surface area contributed by atoms with E-state index in [0.29, 0.717) is 21.3 Å². The molecule has 7 rings (SSSR count). The van der Waals surface area contributed by atoms with Crippen LogP contribution in [0, 0.1) is 0 Å². The first kappa shape index (κ1) is 65.5. The Balaban J connectivity index is 0.000000403. The number of thioether (sulfide) groups is 1. The topological polar surface area (TPSA) is 142 Å². The maximum Gasteiger partial charge on any atom is 0.128 e. The molecule has 7 aromatic carbocycles. The standard InChI is InChI=1S/C8H10OS2.4C7H8OS2.2C6H6OS2/c1-11-8-4-6(5-9)2-3-7(8)10;8-6-1-5(4-9)2-7(10)3-6;8-4-5-1-6(9)3-7(10)2-5;8-6-2-1-5(4-9)3-7(6)10;8-4-5-1-2-6(9)7(10)3-5;7-4-1-5(8)3-6(9)2-4;7-4-1-2-5(8)6(9)3-4/h2-4,9-10H,5H2,1H3;4*1-3,8-10H,4H2;2*1-3,7-9H. The fourth-order valence-electron chi connectivity index (χ4n) is 4.74. The summed E-state index contributed by atoms with van der Waals surface area (Å²) >= 11 is 54.8. The monoisotopic (exact) mass is 1190 g/mol. The summed E-state index contributed by atoms with van der Waals surface area (Å²) in [5.74, 6) is 2.19. The van der Waals surface area contributed by atoms with E-state index < -0.39 is 0 Å². The van der Waals surface area contributed by atoms with Crippen LogP contribution in [0.1, 0.15) is 27.8 Å².